The van der Waals surface area contributed by atoms with Crippen molar-refractivity contribution in [3.05, 3.63) is 18.2 Å². The fraction of sp³-hybridized carbons (Fsp3) is 0.812. The number of aromatic nitrogens is 2. The van der Waals surface area contributed by atoms with E-state index in [1.807, 2.05) is 6.20 Å². The van der Waals surface area contributed by atoms with Crippen LogP contribution in [0.25, 0.3) is 0 Å². The van der Waals surface area contributed by atoms with Gasteiger partial charge in [-0.15, -0.1) is 0 Å². The highest BCUT2D eigenvalue weighted by Crippen LogP contribution is 2.46. The Labute approximate surface area is 117 Å². The third-order valence-corrected chi connectivity index (χ3v) is 4.87. The fourth-order valence-corrected chi connectivity index (χ4v) is 3.58. The largest absolute Gasteiger partial charge is 0.338 e. The molecule has 0 radical (unpaired) electrons. The predicted octanol–water partition coefficient (Wildman–Crippen LogP) is 3.19. The van der Waals surface area contributed by atoms with Crippen molar-refractivity contribution in [2.75, 3.05) is 13.6 Å². The molecule has 1 heterocycles. The third kappa shape index (κ3) is 3.19. The summed E-state index contributed by atoms with van der Waals surface area (Å²) < 4.78 is 2.21. The van der Waals surface area contributed by atoms with Crippen molar-refractivity contribution in [1.29, 1.82) is 0 Å². The number of nitrogens with one attached hydrogen (secondary N) is 1. The van der Waals surface area contributed by atoms with Crippen molar-refractivity contribution in [3.8, 4) is 0 Å². The van der Waals surface area contributed by atoms with Gasteiger partial charge in [-0.05, 0) is 50.1 Å². The van der Waals surface area contributed by atoms with E-state index >= 15 is 0 Å². The molecule has 0 spiro atoms. The Morgan fingerprint density at radius 2 is 2.11 bits per heavy atom. The Balaban J connectivity index is 2.20. The lowest BCUT2D eigenvalue weighted by atomic mass is 9.65. The summed E-state index contributed by atoms with van der Waals surface area (Å²) in [4.78, 5) is 4.62. The SMILES string of the molecule is CNCC1CCC(C(C)(C)C)CC1c1nccn1C. The summed E-state index contributed by atoms with van der Waals surface area (Å²) in [7, 11) is 4.19. The van der Waals surface area contributed by atoms with Crippen LogP contribution in [0.4, 0.5) is 0 Å². The Bertz CT molecular complexity index is 402. The summed E-state index contributed by atoms with van der Waals surface area (Å²) in [5.41, 5.74) is 0.411. The smallest absolute Gasteiger partial charge is 0.111 e. The van der Waals surface area contributed by atoms with E-state index in [0.29, 0.717) is 11.3 Å². The van der Waals surface area contributed by atoms with E-state index in [1.165, 1.54) is 25.1 Å². The van der Waals surface area contributed by atoms with Gasteiger partial charge in [0.25, 0.3) is 0 Å². The van der Waals surface area contributed by atoms with Crippen LogP contribution in [-0.2, 0) is 7.05 Å². The highest BCUT2D eigenvalue weighted by atomic mass is 15.0. The van der Waals surface area contributed by atoms with Crippen LogP contribution in [0, 0.1) is 17.3 Å². The van der Waals surface area contributed by atoms with E-state index in [9.17, 15) is 0 Å². The third-order valence-electron chi connectivity index (χ3n) is 4.87. The summed E-state index contributed by atoms with van der Waals surface area (Å²) in [6.07, 6.45) is 7.97. The topological polar surface area (TPSA) is 29.9 Å². The minimum absolute atomic E-state index is 0.411. The molecule has 2 rings (SSSR count). The monoisotopic (exact) mass is 263 g/mol. The highest BCUT2D eigenvalue weighted by molar-refractivity contribution is 5.06. The maximum atomic E-state index is 4.62. The number of nitrogens with zero attached hydrogens (tertiary/aromatic N) is 2. The van der Waals surface area contributed by atoms with E-state index in [-0.39, 0.29) is 0 Å². The summed E-state index contributed by atoms with van der Waals surface area (Å²) in [5, 5.41) is 3.37. The number of aryl methyl sites for hydroxylation is 1. The first-order valence-corrected chi connectivity index (χ1v) is 7.55. The van der Waals surface area contributed by atoms with E-state index in [4.69, 9.17) is 0 Å². The van der Waals surface area contributed by atoms with Crippen LogP contribution in [-0.4, -0.2) is 23.1 Å². The zero-order valence-electron chi connectivity index (χ0n) is 13.1. The molecular weight excluding hydrogens is 234 g/mol. The van der Waals surface area contributed by atoms with Gasteiger partial charge in [0.1, 0.15) is 5.82 Å². The van der Waals surface area contributed by atoms with E-state index in [0.717, 1.165) is 18.4 Å². The molecule has 3 unspecified atom stereocenters. The first kappa shape index (κ1) is 14.6. The second kappa shape index (κ2) is 5.66. The average molecular weight is 263 g/mol. The molecule has 1 aliphatic rings. The Morgan fingerprint density at radius 3 is 2.63 bits per heavy atom. The Kier molecular flexibility index (Phi) is 4.34. The number of imidazole rings is 1. The molecule has 0 saturated heterocycles. The summed E-state index contributed by atoms with van der Waals surface area (Å²) in [6, 6.07) is 0. The molecule has 3 heteroatoms. The minimum atomic E-state index is 0.411. The number of hydrogen-bond acceptors (Lipinski definition) is 2. The molecule has 19 heavy (non-hydrogen) atoms. The Hall–Kier alpha value is -0.830. The predicted molar refractivity (Wildman–Crippen MR) is 80.2 cm³/mol. The van der Waals surface area contributed by atoms with Gasteiger partial charge in [0, 0.05) is 25.4 Å². The molecule has 0 amide bonds. The number of hydrogen-bond donors (Lipinski definition) is 1. The molecule has 0 bridgehead atoms. The molecule has 1 N–H and O–H groups in total. The first-order valence-electron chi connectivity index (χ1n) is 7.55. The molecule has 108 valence electrons. The van der Waals surface area contributed by atoms with Gasteiger partial charge in [-0.1, -0.05) is 20.8 Å². The van der Waals surface area contributed by atoms with Crippen LogP contribution in [0.5, 0.6) is 0 Å². The van der Waals surface area contributed by atoms with Crippen molar-refractivity contribution in [1.82, 2.24) is 14.9 Å². The standard InChI is InChI=1S/C16H29N3/c1-16(2,3)13-7-6-12(11-17-4)14(10-13)15-18-8-9-19(15)5/h8-9,12-14,17H,6-7,10-11H2,1-5H3. The summed E-state index contributed by atoms with van der Waals surface area (Å²) in [6.45, 7) is 8.25. The molecule has 3 nitrogen and oxygen atoms in total. The van der Waals surface area contributed by atoms with Gasteiger partial charge in [0.05, 0.1) is 0 Å². The van der Waals surface area contributed by atoms with Gasteiger partial charge in [-0.2, -0.15) is 0 Å². The van der Waals surface area contributed by atoms with Crippen LogP contribution >= 0.6 is 0 Å². The molecule has 0 aliphatic heterocycles. The van der Waals surface area contributed by atoms with Gasteiger partial charge in [0.15, 0.2) is 0 Å². The van der Waals surface area contributed by atoms with E-state index < -0.39 is 0 Å². The van der Waals surface area contributed by atoms with Gasteiger partial charge < -0.3 is 9.88 Å². The second-order valence-corrected chi connectivity index (χ2v) is 7.20. The molecular formula is C16H29N3. The van der Waals surface area contributed by atoms with Crippen LogP contribution in [0.1, 0.15) is 51.8 Å². The zero-order chi connectivity index (χ0) is 14.0. The zero-order valence-corrected chi connectivity index (χ0v) is 13.1. The van der Waals surface area contributed by atoms with Crippen LogP contribution in [0.3, 0.4) is 0 Å². The lowest BCUT2D eigenvalue weighted by molar-refractivity contribution is 0.126. The maximum Gasteiger partial charge on any atom is 0.111 e. The first-order chi connectivity index (χ1) is 8.93. The molecule has 1 aromatic rings. The van der Waals surface area contributed by atoms with Crippen LogP contribution in [0.15, 0.2) is 12.4 Å². The maximum absolute atomic E-state index is 4.62. The summed E-state index contributed by atoms with van der Waals surface area (Å²) in [5.74, 6) is 3.41. The molecule has 1 fully saturated rings. The van der Waals surface area contributed by atoms with Crippen molar-refractivity contribution in [2.24, 2.45) is 24.3 Å². The minimum Gasteiger partial charge on any atom is -0.338 e. The second-order valence-electron chi connectivity index (χ2n) is 7.20. The highest BCUT2D eigenvalue weighted by Gasteiger charge is 2.37. The van der Waals surface area contributed by atoms with Crippen LogP contribution in [0.2, 0.25) is 0 Å². The number of rotatable bonds is 3. The van der Waals surface area contributed by atoms with Gasteiger partial charge in [0.2, 0.25) is 0 Å². The molecule has 0 aromatic carbocycles. The van der Waals surface area contributed by atoms with Gasteiger partial charge in [-0.25, -0.2) is 4.98 Å². The van der Waals surface area contributed by atoms with E-state index in [2.05, 4.69) is 55.9 Å². The lowest BCUT2D eigenvalue weighted by Gasteiger charge is -2.41. The normalized spacial score (nSPS) is 28.6. The fourth-order valence-electron chi connectivity index (χ4n) is 3.58. The van der Waals surface area contributed by atoms with Gasteiger partial charge in [-0.3, -0.25) is 0 Å². The lowest BCUT2D eigenvalue weighted by Crippen LogP contribution is -2.35. The molecule has 1 saturated carbocycles. The van der Waals surface area contributed by atoms with Crippen molar-refractivity contribution in [2.45, 2.75) is 46.0 Å². The summed E-state index contributed by atoms with van der Waals surface area (Å²) >= 11 is 0. The molecule has 1 aromatic heterocycles. The van der Waals surface area contributed by atoms with Gasteiger partial charge >= 0.3 is 0 Å². The van der Waals surface area contributed by atoms with Crippen LogP contribution < -0.4 is 5.32 Å². The van der Waals surface area contributed by atoms with Crippen molar-refractivity contribution < 1.29 is 0 Å². The van der Waals surface area contributed by atoms with E-state index in [1.54, 1.807) is 0 Å². The average Bonchev–Trinajstić information content (AvgIpc) is 2.75. The van der Waals surface area contributed by atoms with Crippen molar-refractivity contribution in [3.63, 3.8) is 0 Å². The molecule has 3 atom stereocenters. The van der Waals surface area contributed by atoms with Crippen molar-refractivity contribution >= 4 is 0 Å². The quantitative estimate of drug-likeness (QED) is 0.907. The molecule has 1 aliphatic carbocycles. The Morgan fingerprint density at radius 1 is 1.37 bits per heavy atom.